The molecule has 0 saturated carbocycles. The summed E-state index contributed by atoms with van der Waals surface area (Å²) in [6.07, 6.45) is 0.0703. The van der Waals surface area contributed by atoms with Crippen LogP contribution in [0.2, 0.25) is 0 Å². The molecule has 0 spiro atoms. The zero-order valence-electron chi connectivity index (χ0n) is 18.1. The topological polar surface area (TPSA) is 58.1 Å². The van der Waals surface area contributed by atoms with Gasteiger partial charge in [-0.15, -0.1) is 24.0 Å². The Bertz CT molecular complexity index is 798. The largest absolute Gasteiger partial charge is 0.383 e. The number of benzene rings is 2. The molecule has 1 fully saturated rings. The minimum Gasteiger partial charge on any atom is -0.383 e. The highest BCUT2D eigenvalue weighted by Gasteiger charge is 2.25. The Morgan fingerprint density at radius 1 is 1.20 bits per heavy atom. The Balaban J connectivity index is 0.00000320. The maximum Gasteiger partial charge on any atom is 0.194 e. The maximum absolute atomic E-state index is 6.05. The van der Waals surface area contributed by atoms with Crippen molar-refractivity contribution in [3.63, 3.8) is 0 Å². The van der Waals surface area contributed by atoms with Gasteiger partial charge in [0.05, 0.1) is 19.8 Å². The number of morpholine rings is 1. The van der Waals surface area contributed by atoms with E-state index in [1.165, 1.54) is 16.7 Å². The first-order valence-electron chi connectivity index (χ1n) is 10.2. The Kier molecular flexibility index (Phi) is 10.4. The normalized spacial score (nSPS) is 16.7. The van der Waals surface area contributed by atoms with Crippen LogP contribution in [-0.2, 0) is 16.0 Å². The first-order chi connectivity index (χ1) is 14.2. The summed E-state index contributed by atoms with van der Waals surface area (Å²) in [7, 11) is 3.55. The van der Waals surface area contributed by atoms with Crippen molar-refractivity contribution in [2.24, 2.45) is 4.99 Å². The zero-order chi connectivity index (χ0) is 20.5. The van der Waals surface area contributed by atoms with Gasteiger partial charge in [0, 0.05) is 39.5 Å². The van der Waals surface area contributed by atoms with Crippen molar-refractivity contribution in [2.75, 3.05) is 52.3 Å². The van der Waals surface area contributed by atoms with E-state index in [1.54, 1.807) is 7.11 Å². The molecule has 7 heteroatoms. The van der Waals surface area contributed by atoms with Gasteiger partial charge in [0.15, 0.2) is 5.96 Å². The van der Waals surface area contributed by atoms with Crippen molar-refractivity contribution in [3.8, 4) is 0 Å². The lowest BCUT2D eigenvalue weighted by molar-refractivity contribution is -0.00833. The van der Waals surface area contributed by atoms with Gasteiger partial charge in [-0.25, -0.2) is 0 Å². The lowest BCUT2D eigenvalue weighted by Crippen LogP contribution is -2.48. The average molecular weight is 524 g/mol. The molecule has 1 unspecified atom stereocenters. The van der Waals surface area contributed by atoms with Gasteiger partial charge < -0.3 is 25.0 Å². The standard InChI is InChI=1S/C23H32N4O2.HI/c1-18-6-4-5-7-21(18)22-17-27(13-15-29-22)23(24-2)26-16-19-8-10-20(11-9-19)25-12-14-28-3;/h4-11,22,25H,12-17H2,1-3H3,(H,24,26);1H. The summed E-state index contributed by atoms with van der Waals surface area (Å²) >= 11 is 0. The number of hydrogen-bond donors (Lipinski definition) is 2. The molecule has 6 nitrogen and oxygen atoms in total. The highest BCUT2D eigenvalue weighted by molar-refractivity contribution is 14.0. The van der Waals surface area contributed by atoms with Gasteiger partial charge in [-0.3, -0.25) is 4.99 Å². The summed E-state index contributed by atoms with van der Waals surface area (Å²) in [5.41, 5.74) is 4.84. The number of halogens is 1. The molecule has 0 bridgehead atoms. The van der Waals surface area contributed by atoms with E-state index >= 15 is 0 Å². The molecule has 0 amide bonds. The zero-order valence-corrected chi connectivity index (χ0v) is 20.4. The van der Waals surface area contributed by atoms with Crippen molar-refractivity contribution in [1.82, 2.24) is 10.2 Å². The van der Waals surface area contributed by atoms with Crippen molar-refractivity contribution in [2.45, 2.75) is 19.6 Å². The summed E-state index contributed by atoms with van der Waals surface area (Å²) < 4.78 is 11.1. The Labute approximate surface area is 197 Å². The summed E-state index contributed by atoms with van der Waals surface area (Å²) in [6.45, 7) is 6.71. The van der Waals surface area contributed by atoms with Crippen LogP contribution in [0.15, 0.2) is 53.5 Å². The lowest BCUT2D eigenvalue weighted by atomic mass is 10.0. The number of rotatable bonds is 7. The summed E-state index contributed by atoms with van der Waals surface area (Å²) in [5.74, 6) is 0.911. The minimum absolute atomic E-state index is 0. The number of nitrogens with zero attached hydrogens (tertiary/aromatic N) is 2. The molecule has 0 aliphatic carbocycles. The Morgan fingerprint density at radius 2 is 1.97 bits per heavy atom. The number of ether oxygens (including phenoxy) is 2. The Hall–Kier alpha value is -1.84. The van der Waals surface area contributed by atoms with Crippen LogP contribution in [0.4, 0.5) is 5.69 Å². The van der Waals surface area contributed by atoms with E-state index in [2.05, 4.69) is 76.0 Å². The summed E-state index contributed by atoms with van der Waals surface area (Å²) in [4.78, 5) is 6.77. The molecule has 2 aromatic carbocycles. The third kappa shape index (κ3) is 6.85. The van der Waals surface area contributed by atoms with Gasteiger partial charge in [0.1, 0.15) is 6.10 Å². The average Bonchev–Trinajstić information content (AvgIpc) is 2.76. The second-order valence-corrected chi connectivity index (χ2v) is 7.18. The van der Waals surface area contributed by atoms with Crippen LogP contribution >= 0.6 is 24.0 Å². The molecular weight excluding hydrogens is 491 g/mol. The van der Waals surface area contributed by atoms with Crippen LogP contribution in [0.3, 0.4) is 0 Å². The predicted octanol–water partition coefficient (Wildman–Crippen LogP) is 3.82. The SMILES string of the molecule is CN=C(NCc1ccc(NCCOC)cc1)N1CCOC(c2ccccc2C)C1.I. The van der Waals surface area contributed by atoms with E-state index in [-0.39, 0.29) is 30.1 Å². The fraction of sp³-hybridized carbons (Fsp3) is 0.435. The number of anilines is 1. The van der Waals surface area contributed by atoms with Crippen LogP contribution < -0.4 is 10.6 Å². The van der Waals surface area contributed by atoms with Crippen LogP contribution in [0.5, 0.6) is 0 Å². The van der Waals surface area contributed by atoms with Gasteiger partial charge in [-0.05, 0) is 35.7 Å². The van der Waals surface area contributed by atoms with Gasteiger partial charge in [-0.1, -0.05) is 36.4 Å². The number of hydrogen-bond acceptors (Lipinski definition) is 4. The molecule has 2 aromatic rings. The van der Waals surface area contributed by atoms with Crippen LogP contribution in [0.25, 0.3) is 0 Å². The van der Waals surface area contributed by atoms with Gasteiger partial charge >= 0.3 is 0 Å². The predicted molar refractivity (Wildman–Crippen MR) is 134 cm³/mol. The first-order valence-corrected chi connectivity index (χ1v) is 10.2. The highest BCUT2D eigenvalue weighted by atomic mass is 127. The molecule has 1 atom stereocenters. The molecule has 1 saturated heterocycles. The third-order valence-electron chi connectivity index (χ3n) is 5.15. The van der Waals surface area contributed by atoms with Gasteiger partial charge in [0.2, 0.25) is 0 Å². The van der Waals surface area contributed by atoms with E-state index in [0.717, 1.165) is 37.8 Å². The molecule has 1 heterocycles. The van der Waals surface area contributed by atoms with Crippen molar-refractivity contribution < 1.29 is 9.47 Å². The summed E-state index contributed by atoms with van der Waals surface area (Å²) in [5, 5.41) is 6.83. The fourth-order valence-electron chi connectivity index (χ4n) is 3.53. The minimum atomic E-state index is 0. The molecule has 2 N–H and O–H groups in total. The smallest absolute Gasteiger partial charge is 0.194 e. The van der Waals surface area contributed by atoms with E-state index in [1.807, 2.05) is 7.05 Å². The quantitative estimate of drug-likeness (QED) is 0.250. The molecule has 164 valence electrons. The van der Waals surface area contributed by atoms with Gasteiger partial charge in [-0.2, -0.15) is 0 Å². The van der Waals surface area contributed by atoms with Gasteiger partial charge in [0.25, 0.3) is 0 Å². The van der Waals surface area contributed by atoms with Crippen molar-refractivity contribution >= 4 is 35.6 Å². The number of aliphatic imine (C=N–C) groups is 1. The molecule has 1 aliphatic heterocycles. The third-order valence-corrected chi connectivity index (χ3v) is 5.15. The molecular formula is C23H33IN4O2. The summed E-state index contributed by atoms with van der Waals surface area (Å²) in [6, 6.07) is 16.9. The van der Waals surface area contributed by atoms with Crippen LogP contribution in [0, 0.1) is 6.92 Å². The highest BCUT2D eigenvalue weighted by Crippen LogP contribution is 2.25. The van der Waals surface area contributed by atoms with E-state index in [9.17, 15) is 0 Å². The lowest BCUT2D eigenvalue weighted by Gasteiger charge is -2.35. The number of nitrogens with one attached hydrogen (secondary N) is 2. The number of guanidine groups is 1. The van der Waals surface area contributed by atoms with Crippen LogP contribution in [0.1, 0.15) is 22.8 Å². The number of aryl methyl sites for hydroxylation is 1. The second kappa shape index (κ2) is 12.8. The molecule has 3 rings (SSSR count). The fourth-order valence-corrected chi connectivity index (χ4v) is 3.53. The van der Waals surface area contributed by atoms with Crippen LogP contribution in [-0.4, -0.2) is 57.9 Å². The second-order valence-electron chi connectivity index (χ2n) is 7.18. The monoisotopic (exact) mass is 524 g/mol. The Morgan fingerprint density at radius 3 is 2.67 bits per heavy atom. The van der Waals surface area contributed by atoms with E-state index < -0.39 is 0 Å². The molecule has 0 aromatic heterocycles. The molecule has 30 heavy (non-hydrogen) atoms. The van der Waals surface area contributed by atoms with Crippen molar-refractivity contribution in [1.29, 1.82) is 0 Å². The molecule has 0 radical (unpaired) electrons. The van der Waals surface area contributed by atoms with E-state index in [0.29, 0.717) is 13.2 Å². The van der Waals surface area contributed by atoms with Crippen molar-refractivity contribution in [3.05, 3.63) is 65.2 Å². The van der Waals surface area contributed by atoms with E-state index in [4.69, 9.17) is 9.47 Å². The first kappa shape index (κ1) is 24.4. The molecule has 1 aliphatic rings. The maximum atomic E-state index is 6.05. The number of methoxy groups -OCH3 is 1.